The summed E-state index contributed by atoms with van der Waals surface area (Å²) in [5, 5.41) is 0.772. The summed E-state index contributed by atoms with van der Waals surface area (Å²) in [5.74, 6) is -0.389. The Hall–Kier alpha value is -1.38. The second kappa shape index (κ2) is 4.86. The smallest absolute Gasteiger partial charge is 0.150 e. The maximum Gasteiger partial charge on any atom is 0.150 e. The van der Waals surface area contributed by atoms with E-state index in [1.54, 1.807) is 12.1 Å². The van der Waals surface area contributed by atoms with Gasteiger partial charge in [-0.3, -0.25) is 4.79 Å². The number of carbonyl (C=O) groups is 1. The van der Waals surface area contributed by atoms with E-state index >= 15 is 0 Å². The van der Waals surface area contributed by atoms with E-state index in [1.165, 1.54) is 24.3 Å². The minimum atomic E-state index is -0.389. The SMILES string of the molecule is O=Cc1ccc(-c2cc(F)ccc2Cl)c(Cl)c1. The molecule has 2 aromatic carbocycles. The zero-order valence-corrected chi connectivity index (χ0v) is 10.1. The van der Waals surface area contributed by atoms with Crippen LogP contribution in [-0.2, 0) is 0 Å². The Morgan fingerprint density at radius 1 is 0.941 bits per heavy atom. The molecule has 4 heteroatoms. The van der Waals surface area contributed by atoms with Crippen LogP contribution in [0, 0.1) is 5.82 Å². The zero-order valence-electron chi connectivity index (χ0n) is 8.58. The molecule has 0 bridgehead atoms. The topological polar surface area (TPSA) is 17.1 Å². The Labute approximate surface area is 108 Å². The molecule has 0 atom stereocenters. The molecule has 0 spiro atoms. The summed E-state index contributed by atoms with van der Waals surface area (Å²) in [5.41, 5.74) is 1.57. The molecule has 17 heavy (non-hydrogen) atoms. The van der Waals surface area contributed by atoms with Crippen molar-refractivity contribution in [1.29, 1.82) is 0 Å². The van der Waals surface area contributed by atoms with Crippen LogP contribution < -0.4 is 0 Å². The van der Waals surface area contributed by atoms with E-state index in [1.807, 2.05) is 0 Å². The van der Waals surface area contributed by atoms with Gasteiger partial charge in [0.2, 0.25) is 0 Å². The van der Waals surface area contributed by atoms with Crippen LogP contribution in [0.1, 0.15) is 10.4 Å². The highest BCUT2D eigenvalue weighted by molar-refractivity contribution is 6.36. The van der Waals surface area contributed by atoms with E-state index in [4.69, 9.17) is 23.2 Å². The summed E-state index contributed by atoms with van der Waals surface area (Å²) < 4.78 is 13.2. The first-order chi connectivity index (χ1) is 8.11. The van der Waals surface area contributed by atoms with Crippen LogP contribution in [0.25, 0.3) is 11.1 Å². The Morgan fingerprint density at radius 2 is 1.71 bits per heavy atom. The lowest BCUT2D eigenvalue weighted by Crippen LogP contribution is -1.86. The average Bonchev–Trinajstić information content (AvgIpc) is 2.32. The van der Waals surface area contributed by atoms with Gasteiger partial charge in [0.1, 0.15) is 12.1 Å². The fraction of sp³-hybridized carbons (Fsp3) is 0. The first-order valence-corrected chi connectivity index (χ1v) is 5.57. The highest BCUT2D eigenvalue weighted by atomic mass is 35.5. The highest BCUT2D eigenvalue weighted by Crippen LogP contribution is 2.34. The van der Waals surface area contributed by atoms with Gasteiger partial charge in [-0.15, -0.1) is 0 Å². The number of carbonyl (C=O) groups excluding carboxylic acids is 1. The van der Waals surface area contributed by atoms with Gasteiger partial charge in [-0.25, -0.2) is 4.39 Å². The molecule has 86 valence electrons. The largest absolute Gasteiger partial charge is 0.298 e. The molecule has 0 heterocycles. The first kappa shape index (κ1) is 12.1. The molecule has 0 aliphatic rings. The van der Waals surface area contributed by atoms with E-state index in [9.17, 15) is 9.18 Å². The summed E-state index contributed by atoms with van der Waals surface area (Å²) in [6.07, 6.45) is 0.697. The van der Waals surface area contributed by atoms with Gasteiger partial charge in [0, 0.05) is 26.7 Å². The third-order valence-corrected chi connectivity index (χ3v) is 2.99. The van der Waals surface area contributed by atoms with Crippen LogP contribution in [0.3, 0.4) is 0 Å². The van der Waals surface area contributed by atoms with Crippen LogP contribution in [-0.4, -0.2) is 6.29 Å². The van der Waals surface area contributed by atoms with E-state index < -0.39 is 0 Å². The van der Waals surface area contributed by atoms with Crippen molar-refractivity contribution < 1.29 is 9.18 Å². The van der Waals surface area contributed by atoms with Gasteiger partial charge >= 0.3 is 0 Å². The van der Waals surface area contributed by atoms with Crippen LogP contribution in [0.15, 0.2) is 36.4 Å². The fourth-order valence-corrected chi connectivity index (χ4v) is 2.04. The van der Waals surface area contributed by atoms with E-state index in [0.717, 1.165) is 0 Å². The minimum absolute atomic E-state index is 0.363. The van der Waals surface area contributed by atoms with Crippen LogP contribution >= 0.6 is 23.2 Å². The summed E-state index contributed by atoms with van der Waals surface area (Å²) in [4.78, 5) is 10.6. The number of halogens is 3. The normalized spacial score (nSPS) is 10.3. The summed E-state index contributed by atoms with van der Waals surface area (Å²) >= 11 is 12.0. The second-order valence-corrected chi connectivity index (χ2v) is 4.30. The molecule has 0 aliphatic heterocycles. The molecule has 0 fully saturated rings. The lowest BCUT2D eigenvalue weighted by atomic mass is 10.0. The lowest BCUT2D eigenvalue weighted by molar-refractivity contribution is 0.112. The van der Waals surface area contributed by atoms with Crippen molar-refractivity contribution in [2.24, 2.45) is 0 Å². The zero-order chi connectivity index (χ0) is 12.4. The molecule has 0 aromatic heterocycles. The Bertz CT molecular complexity index is 582. The number of benzene rings is 2. The predicted octanol–water partition coefficient (Wildman–Crippen LogP) is 4.61. The Kier molecular flexibility index (Phi) is 3.46. The monoisotopic (exact) mass is 268 g/mol. The van der Waals surface area contributed by atoms with E-state index in [0.29, 0.717) is 33.0 Å². The third-order valence-electron chi connectivity index (χ3n) is 2.35. The van der Waals surface area contributed by atoms with Gasteiger partial charge in [0.05, 0.1) is 0 Å². The predicted molar refractivity (Wildman–Crippen MR) is 67.2 cm³/mol. The maximum atomic E-state index is 13.2. The number of hydrogen-bond acceptors (Lipinski definition) is 1. The quantitative estimate of drug-likeness (QED) is 0.727. The molecule has 0 radical (unpaired) electrons. The highest BCUT2D eigenvalue weighted by Gasteiger charge is 2.09. The lowest BCUT2D eigenvalue weighted by Gasteiger charge is -2.07. The van der Waals surface area contributed by atoms with Crippen molar-refractivity contribution in [2.75, 3.05) is 0 Å². The molecular weight excluding hydrogens is 262 g/mol. The maximum absolute atomic E-state index is 13.2. The van der Waals surface area contributed by atoms with Gasteiger partial charge < -0.3 is 0 Å². The minimum Gasteiger partial charge on any atom is -0.298 e. The van der Waals surface area contributed by atoms with Gasteiger partial charge in [0.25, 0.3) is 0 Å². The van der Waals surface area contributed by atoms with Crippen molar-refractivity contribution >= 4 is 29.5 Å². The molecule has 0 N–H and O–H groups in total. The summed E-state index contributed by atoms with van der Waals surface area (Å²) in [6.45, 7) is 0. The number of aldehydes is 1. The fourth-order valence-electron chi connectivity index (χ4n) is 1.53. The van der Waals surface area contributed by atoms with E-state index in [-0.39, 0.29) is 5.82 Å². The van der Waals surface area contributed by atoms with Gasteiger partial charge in [0.15, 0.2) is 0 Å². The third kappa shape index (κ3) is 2.48. The van der Waals surface area contributed by atoms with Crippen molar-refractivity contribution in [1.82, 2.24) is 0 Å². The van der Waals surface area contributed by atoms with E-state index in [2.05, 4.69) is 0 Å². The molecule has 0 saturated heterocycles. The van der Waals surface area contributed by atoms with Crippen molar-refractivity contribution in [3.8, 4) is 11.1 Å². The molecule has 0 aliphatic carbocycles. The standard InChI is InChI=1S/C13H7Cl2FO/c14-12-4-2-9(16)6-11(12)10-3-1-8(7-17)5-13(10)15/h1-7H. The van der Waals surface area contributed by atoms with Gasteiger partial charge in [-0.1, -0.05) is 35.3 Å². The summed E-state index contributed by atoms with van der Waals surface area (Å²) in [7, 11) is 0. The van der Waals surface area contributed by atoms with Crippen molar-refractivity contribution in [2.45, 2.75) is 0 Å². The molecule has 2 rings (SSSR count). The number of hydrogen-bond donors (Lipinski definition) is 0. The van der Waals surface area contributed by atoms with Crippen molar-refractivity contribution in [3.63, 3.8) is 0 Å². The van der Waals surface area contributed by atoms with Crippen LogP contribution in [0.4, 0.5) is 4.39 Å². The molecule has 2 aromatic rings. The first-order valence-electron chi connectivity index (χ1n) is 4.82. The molecule has 0 saturated carbocycles. The Balaban J connectivity index is 2.60. The van der Waals surface area contributed by atoms with Crippen LogP contribution in [0.2, 0.25) is 10.0 Å². The Morgan fingerprint density at radius 3 is 2.35 bits per heavy atom. The van der Waals surface area contributed by atoms with Crippen LogP contribution in [0.5, 0.6) is 0 Å². The molecular formula is C13H7Cl2FO. The van der Waals surface area contributed by atoms with Crippen molar-refractivity contribution in [3.05, 3.63) is 57.8 Å². The van der Waals surface area contributed by atoms with Gasteiger partial charge in [-0.2, -0.15) is 0 Å². The molecule has 1 nitrogen and oxygen atoms in total. The number of rotatable bonds is 2. The molecule has 0 amide bonds. The molecule has 0 unspecified atom stereocenters. The average molecular weight is 269 g/mol. The second-order valence-electron chi connectivity index (χ2n) is 3.48. The summed E-state index contributed by atoms with van der Waals surface area (Å²) in [6, 6.07) is 8.83. The van der Waals surface area contributed by atoms with Gasteiger partial charge in [-0.05, 0) is 24.3 Å².